The van der Waals surface area contributed by atoms with E-state index < -0.39 is 5.91 Å². The Morgan fingerprint density at radius 3 is 2.70 bits per heavy atom. The Labute approximate surface area is 161 Å². The number of imidazole rings is 1. The number of anilines is 2. The third-order valence-corrected chi connectivity index (χ3v) is 4.23. The van der Waals surface area contributed by atoms with Crippen molar-refractivity contribution < 1.29 is 9.18 Å². The molecule has 9 heteroatoms. The molecule has 4 rings (SSSR count). The van der Waals surface area contributed by atoms with E-state index in [4.69, 9.17) is 5.73 Å². The molecule has 0 aliphatic carbocycles. The van der Waals surface area contributed by atoms with E-state index in [9.17, 15) is 9.18 Å². The number of carbonyl (C=O) groups excluding carboxylic acids is 1. The molecule has 0 spiro atoms. The molecular weight excluding hydrogens is 415 g/mol. The van der Waals surface area contributed by atoms with Crippen LogP contribution in [0, 0.1) is 5.82 Å². The Kier molecular flexibility index (Phi) is 4.28. The second kappa shape index (κ2) is 6.76. The van der Waals surface area contributed by atoms with Crippen molar-refractivity contribution in [1.82, 2.24) is 19.9 Å². The van der Waals surface area contributed by atoms with E-state index >= 15 is 0 Å². The molecule has 4 N–H and O–H groups in total. The molecule has 134 valence electrons. The summed E-state index contributed by atoms with van der Waals surface area (Å²) < 4.78 is 13.5. The van der Waals surface area contributed by atoms with Gasteiger partial charge in [0.25, 0.3) is 5.91 Å². The minimum atomic E-state index is -0.473. The maximum absolute atomic E-state index is 13.1. The number of hydrogen-bond donors (Lipinski definition) is 3. The standard InChI is InChI=1S/C18H12BrFN6O/c19-14-8-22-16(21)15(26-14)18(27)23-11-5-6-12-13(7-11)25-17(24-12)9-1-3-10(20)4-2-9/h1-8H,(H2,21,22)(H,23,27)(H,24,25). The van der Waals surface area contributed by atoms with E-state index in [2.05, 4.69) is 41.2 Å². The number of amides is 1. The lowest BCUT2D eigenvalue weighted by molar-refractivity contribution is 0.102. The molecule has 4 aromatic rings. The average molecular weight is 427 g/mol. The van der Waals surface area contributed by atoms with E-state index in [1.54, 1.807) is 30.3 Å². The Hall–Kier alpha value is -3.33. The van der Waals surface area contributed by atoms with Gasteiger partial charge in [-0.25, -0.2) is 19.3 Å². The summed E-state index contributed by atoms with van der Waals surface area (Å²) >= 11 is 3.17. The number of nitrogen functional groups attached to an aromatic ring is 1. The average Bonchev–Trinajstić information content (AvgIpc) is 3.07. The summed E-state index contributed by atoms with van der Waals surface area (Å²) in [5.41, 5.74) is 8.49. The first-order valence-corrected chi connectivity index (χ1v) is 8.64. The van der Waals surface area contributed by atoms with Gasteiger partial charge in [0.1, 0.15) is 16.2 Å². The maximum atomic E-state index is 13.1. The van der Waals surface area contributed by atoms with Gasteiger partial charge in [-0.2, -0.15) is 0 Å². The first-order chi connectivity index (χ1) is 13.0. The second-order valence-electron chi connectivity index (χ2n) is 5.70. The topological polar surface area (TPSA) is 110 Å². The van der Waals surface area contributed by atoms with E-state index in [0.717, 1.165) is 11.1 Å². The van der Waals surface area contributed by atoms with E-state index in [-0.39, 0.29) is 17.3 Å². The number of hydrogen-bond acceptors (Lipinski definition) is 5. The summed E-state index contributed by atoms with van der Waals surface area (Å²) in [7, 11) is 0. The van der Waals surface area contributed by atoms with Gasteiger partial charge in [0.05, 0.1) is 17.2 Å². The SMILES string of the molecule is Nc1ncc(Br)nc1C(=O)Nc1ccc2nc(-c3ccc(F)cc3)[nH]c2c1. The Bertz CT molecular complexity index is 1160. The molecule has 0 atom stereocenters. The van der Waals surface area contributed by atoms with Crippen LogP contribution in [0.1, 0.15) is 10.5 Å². The molecule has 0 bridgehead atoms. The number of benzene rings is 2. The fraction of sp³-hybridized carbons (Fsp3) is 0. The molecule has 27 heavy (non-hydrogen) atoms. The summed E-state index contributed by atoms with van der Waals surface area (Å²) in [6, 6.07) is 11.3. The first kappa shape index (κ1) is 17.1. The summed E-state index contributed by atoms with van der Waals surface area (Å²) in [5, 5.41) is 2.74. The van der Waals surface area contributed by atoms with E-state index in [0.29, 0.717) is 21.6 Å². The van der Waals surface area contributed by atoms with Crippen LogP contribution in [0.2, 0.25) is 0 Å². The van der Waals surface area contributed by atoms with Crippen molar-refractivity contribution in [1.29, 1.82) is 0 Å². The van der Waals surface area contributed by atoms with Gasteiger partial charge in [0.15, 0.2) is 11.5 Å². The zero-order valence-corrected chi connectivity index (χ0v) is 15.3. The van der Waals surface area contributed by atoms with Crippen LogP contribution in [0.5, 0.6) is 0 Å². The fourth-order valence-electron chi connectivity index (χ4n) is 2.57. The number of aromatic amines is 1. The molecule has 0 saturated carbocycles. The highest BCUT2D eigenvalue weighted by Gasteiger charge is 2.14. The number of aromatic nitrogens is 4. The van der Waals surface area contributed by atoms with Crippen LogP contribution < -0.4 is 11.1 Å². The minimum Gasteiger partial charge on any atom is -0.382 e. The van der Waals surface area contributed by atoms with Crippen molar-refractivity contribution in [2.24, 2.45) is 0 Å². The van der Waals surface area contributed by atoms with Crippen LogP contribution in [-0.4, -0.2) is 25.8 Å². The van der Waals surface area contributed by atoms with Gasteiger partial charge >= 0.3 is 0 Å². The molecule has 0 fully saturated rings. The number of rotatable bonds is 3. The molecule has 2 aromatic heterocycles. The van der Waals surface area contributed by atoms with Gasteiger partial charge in [-0.3, -0.25) is 4.79 Å². The van der Waals surface area contributed by atoms with E-state index in [1.807, 2.05) is 0 Å². The molecule has 0 radical (unpaired) electrons. The van der Waals surface area contributed by atoms with Crippen molar-refractivity contribution in [2.75, 3.05) is 11.1 Å². The van der Waals surface area contributed by atoms with Gasteiger partial charge in [-0.05, 0) is 58.4 Å². The summed E-state index contributed by atoms with van der Waals surface area (Å²) in [6.45, 7) is 0. The van der Waals surface area contributed by atoms with Crippen LogP contribution in [0.3, 0.4) is 0 Å². The highest BCUT2D eigenvalue weighted by atomic mass is 79.9. The Balaban J connectivity index is 1.62. The molecule has 0 aliphatic heterocycles. The number of nitrogens with two attached hydrogens (primary N) is 1. The number of fused-ring (bicyclic) bond motifs is 1. The quantitative estimate of drug-likeness (QED) is 0.461. The Morgan fingerprint density at radius 2 is 1.93 bits per heavy atom. The molecule has 2 aromatic carbocycles. The smallest absolute Gasteiger partial charge is 0.278 e. The summed E-state index contributed by atoms with van der Waals surface area (Å²) in [5.74, 6) is -0.138. The van der Waals surface area contributed by atoms with Crippen LogP contribution >= 0.6 is 15.9 Å². The number of halogens is 2. The molecule has 0 unspecified atom stereocenters. The normalized spacial score (nSPS) is 10.9. The third-order valence-electron chi connectivity index (χ3n) is 3.84. The maximum Gasteiger partial charge on any atom is 0.278 e. The van der Waals surface area contributed by atoms with Crippen molar-refractivity contribution in [3.63, 3.8) is 0 Å². The van der Waals surface area contributed by atoms with Gasteiger partial charge < -0.3 is 16.0 Å². The predicted molar refractivity (Wildman–Crippen MR) is 104 cm³/mol. The highest BCUT2D eigenvalue weighted by molar-refractivity contribution is 9.10. The molecule has 2 heterocycles. The lowest BCUT2D eigenvalue weighted by atomic mass is 10.2. The molecule has 0 saturated heterocycles. The monoisotopic (exact) mass is 426 g/mol. The largest absolute Gasteiger partial charge is 0.382 e. The van der Waals surface area contributed by atoms with Gasteiger partial charge in [0.2, 0.25) is 0 Å². The summed E-state index contributed by atoms with van der Waals surface area (Å²) in [6.07, 6.45) is 1.42. The molecule has 0 aliphatic rings. The highest BCUT2D eigenvalue weighted by Crippen LogP contribution is 2.23. The minimum absolute atomic E-state index is 0.0288. The Morgan fingerprint density at radius 1 is 1.15 bits per heavy atom. The van der Waals surface area contributed by atoms with Crippen molar-refractivity contribution in [3.8, 4) is 11.4 Å². The number of nitrogens with zero attached hydrogens (tertiary/aromatic N) is 3. The van der Waals surface area contributed by atoms with Gasteiger partial charge in [-0.1, -0.05) is 0 Å². The predicted octanol–water partition coefficient (Wildman–Crippen LogP) is 3.76. The van der Waals surface area contributed by atoms with E-state index in [1.165, 1.54) is 18.3 Å². The zero-order chi connectivity index (χ0) is 19.0. The fourth-order valence-corrected chi connectivity index (χ4v) is 2.85. The van der Waals surface area contributed by atoms with Crippen molar-refractivity contribution in [2.45, 2.75) is 0 Å². The van der Waals surface area contributed by atoms with Crippen LogP contribution in [-0.2, 0) is 0 Å². The van der Waals surface area contributed by atoms with Crippen LogP contribution in [0.15, 0.2) is 53.3 Å². The lowest BCUT2D eigenvalue weighted by Crippen LogP contribution is -2.16. The van der Waals surface area contributed by atoms with Gasteiger partial charge in [-0.15, -0.1) is 0 Å². The second-order valence-corrected chi connectivity index (χ2v) is 6.52. The number of H-pyrrole nitrogens is 1. The lowest BCUT2D eigenvalue weighted by Gasteiger charge is -2.06. The van der Waals surface area contributed by atoms with Crippen molar-refractivity contribution in [3.05, 3.63) is 64.8 Å². The zero-order valence-electron chi connectivity index (χ0n) is 13.7. The van der Waals surface area contributed by atoms with Crippen LogP contribution in [0.4, 0.5) is 15.9 Å². The first-order valence-electron chi connectivity index (χ1n) is 7.85. The molecule has 7 nitrogen and oxygen atoms in total. The van der Waals surface area contributed by atoms with Gasteiger partial charge in [0, 0.05) is 11.3 Å². The molecule has 1 amide bonds. The number of carbonyl (C=O) groups is 1. The summed E-state index contributed by atoms with van der Waals surface area (Å²) in [4.78, 5) is 28.0. The van der Waals surface area contributed by atoms with Crippen molar-refractivity contribution >= 4 is 44.4 Å². The van der Waals surface area contributed by atoms with Crippen LogP contribution in [0.25, 0.3) is 22.4 Å². The number of nitrogens with one attached hydrogen (secondary N) is 2. The molecular formula is C18H12BrFN6O. The third kappa shape index (κ3) is 3.49.